The van der Waals surface area contributed by atoms with Crippen molar-refractivity contribution in [3.05, 3.63) is 52.3 Å². The highest BCUT2D eigenvalue weighted by molar-refractivity contribution is 7.21. The maximum atomic E-state index is 13.0. The normalized spacial score (nSPS) is 16.6. The van der Waals surface area contributed by atoms with E-state index in [1.807, 2.05) is 0 Å². The molecule has 1 amide bonds. The van der Waals surface area contributed by atoms with Gasteiger partial charge in [-0.25, -0.2) is 9.37 Å². The highest BCUT2D eigenvalue weighted by atomic mass is 32.1. The van der Waals surface area contributed by atoms with E-state index in [1.54, 1.807) is 0 Å². The summed E-state index contributed by atoms with van der Waals surface area (Å²) < 4.78 is 13.0. The highest BCUT2D eigenvalue weighted by Crippen LogP contribution is 2.36. The molecule has 0 radical (unpaired) electrons. The van der Waals surface area contributed by atoms with Crippen LogP contribution in [0.25, 0.3) is 10.2 Å². The van der Waals surface area contributed by atoms with Gasteiger partial charge >= 0.3 is 0 Å². The number of thiophene rings is 1. The largest absolute Gasteiger partial charge is 0.397 e. The minimum Gasteiger partial charge on any atom is -0.397 e. The van der Waals surface area contributed by atoms with Crippen LogP contribution in [0.15, 0.2) is 30.3 Å². The number of aromatic nitrogens is 1. The van der Waals surface area contributed by atoms with E-state index in [2.05, 4.69) is 18.3 Å². The lowest BCUT2D eigenvalue weighted by molar-refractivity contribution is 0.103. The van der Waals surface area contributed by atoms with Crippen molar-refractivity contribution < 1.29 is 9.18 Å². The number of pyridine rings is 1. The van der Waals surface area contributed by atoms with Crippen molar-refractivity contribution in [2.45, 2.75) is 26.2 Å². The maximum Gasteiger partial charge on any atom is 0.267 e. The zero-order valence-corrected chi connectivity index (χ0v) is 14.6. The van der Waals surface area contributed by atoms with E-state index in [0.29, 0.717) is 22.2 Å². The summed E-state index contributed by atoms with van der Waals surface area (Å²) in [5, 5.41) is 3.61. The van der Waals surface area contributed by atoms with Gasteiger partial charge in [-0.15, -0.1) is 11.3 Å². The maximum absolute atomic E-state index is 13.0. The summed E-state index contributed by atoms with van der Waals surface area (Å²) in [5.74, 6) is 0.00897. The summed E-state index contributed by atoms with van der Waals surface area (Å²) >= 11 is 1.31. The summed E-state index contributed by atoms with van der Waals surface area (Å²) in [5.41, 5.74) is 9.59. The van der Waals surface area contributed by atoms with Crippen molar-refractivity contribution >= 4 is 38.8 Å². The third kappa shape index (κ3) is 2.98. The molecule has 128 valence electrons. The van der Waals surface area contributed by atoms with Gasteiger partial charge in [0.05, 0.1) is 5.69 Å². The molecule has 0 saturated carbocycles. The molecule has 0 fully saturated rings. The van der Waals surface area contributed by atoms with Gasteiger partial charge in [0.1, 0.15) is 15.5 Å². The summed E-state index contributed by atoms with van der Waals surface area (Å²) in [7, 11) is 0. The Morgan fingerprint density at radius 1 is 1.36 bits per heavy atom. The zero-order chi connectivity index (χ0) is 17.6. The van der Waals surface area contributed by atoms with E-state index in [4.69, 9.17) is 10.7 Å². The second-order valence-corrected chi connectivity index (χ2v) is 7.60. The molecule has 3 N–H and O–H groups in total. The number of rotatable bonds is 2. The Balaban J connectivity index is 1.69. The number of nitrogen functional groups attached to an aromatic ring is 1. The van der Waals surface area contributed by atoms with Gasteiger partial charge in [-0.3, -0.25) is 4.79 Å². The van der Waals surface area contributed by atoms with Crippen molar-refractivity contribution in [1.29, 1.82) is 0 Å². The first kappa shape index (κ1) is 16.0. The molecule has 2 heterocycles. The summed E-state index contributed by atoms with van der Waals surface area (Å²) in [6.45, 7) is 2.24. The smallest absolute Gasteiger partial charge is 0.267 e. The van der Waals surface area contributed by atoms with Gasteiger partial charge in [0, 0.05) is 16.8 Å². The first-order chi connectivity index (χ1) is 12.0. The van der Waals surface area contributed by atoms with Crippen LogP contribution >= 0.6 is 11.3 Å². The van der Waals surface area contributed by atoms with Crippen LogP contribution in [0.5, 0.6) is 0 Å². The zero-order valence-electron chi connectivity index (χ0n) is 13.8. The number of nitrogens with two attached hydrogens (primary N) is 1. The van der Waals surface area contributed by atoms with Gasteiger partial charge in [-0.1, -0.05) is 6.92 Å². The fourth-order valence-electron chi connectivity index (χ4n) is 3.26. The Hall–Kier alpha value is -2.47. The number of hydrogen-bond donors (Lipinski definition) is 2. The lowest BCUT2D eigenvalue weighted by Gasteiger charge is -2.20. The Morgan fingerprint density at radius 2 is 2.12 bits per heavy atom. The van der Waals surface area contributed by atoms with Crippen LogP contribution in [-0.2, 0) is 12.8 Å². The number of nitrogens with one attached hydrogen (secondary N) is 1. The van der Waals surface area contributed by atoms with E-state index in [-0.39, 0.29) is 11.7 Å². The van der Waals surface area contributed by atoms with Gasteiger partial charge in [-0.05, 0) is 61.1 Å². The lowest BCUT2D eigenvalue weighted by atomic mass is 9.87. The van der Waals surface area contributed by atoms with Crippen molar-refractivity contribution in [3.8, 4) is 0 Å². The molecule has 2 aromatic heterocycles. The lowest BCUT2D eigenvalue weighted by Crippen LogP contribution is -2.12. The average molecular weight is 355 g/mol. The third-order valence-corrected chi connectivity index (χ3v) is 5.75. The minimum absolute atomic E-state index is 0.293. The first-order valence-corrected chi connectivity index (χ1v) is 9.10. The standard InChI is InChI=1S/C19H18FN3OS/c1-10-2-7-15-11(8-10)9-14-16(21)17(25-19(14)23-15)18(24)22-13-5-3-12(20)4-6-13/h3-6,9-10H,2,7-8,21H2,1H3,(H,22,24). The van der Waals surface area contributed by atoms with Crippen LogP contribution in [0.1, 0.15) is 34.3 Å². The molecule has 4 rings (SSSR count). The minimum atomic E-state index is -0.344. The molecule has 1 atom stereocenters. The molecule has 0 saturated heterocycles. The van der Waals surface area contributed by atoms with Gasteiger partial charge < -0.3 is 11.1 Å². The number of amides is 1. The Bertz CT molecular complexity index is 965. The van der Waals surface area contributed by atoms with E-state index >= 15 is 0 Å². The molecule has 0 spiro atoms. The first-order valence-electron chi connectivity index (χ1n) is 8.29. The van der Waals surface area contributed by atoms with Crippen molar-refractivity contribution in [3.63, 3.8) is 0 Å². The SMILES string of the molecule is CC1CCc2nc3sc(C(=O)Nc4ccc(F)cc4)c(N)c3cc2C1. The second-order valence-electron chi connectivity index (χ2n) is 6.60. The predicted octanol–water partition coefficient (Wildman–Crippen LogP) is 4.39. The molecular weight excluding hydrogens is 337 g/mol. The quantitative estimate of drug-likeness (QED) is 0.716. The van der Waals surface area contributed by atoms with Gasteiger partial charge in [-0.2, -0.15) is 0 Å². The fourth-order valence-corrected chi connectivity index (χ4v) is 4.25. The van der Waals surface area contributed by atoms with Gasteiger partial charge in [0.25, 0.3) is 5.91 Å². The van der Waals surface area contributed by atoms with E-state index in [1.165, 1.54) is 41.2 Å². The molecule has 4 nitrogen and oxygen atoms in total. The molecule has 3 aromatic rings. The molecule has 1 aromatic carbocycles. The molecular formula is C19H18FN3OS. The number of anilines is 2. The van der Waals surface area contributed by atoms with Crippen LogP contribution < -0.4 is 11.1 Å². The molecule has 25 heavy (non-hydrogen) atoms. The Morgan fingerprint density at radius 3 is 2.88 bits per heavy atom. The number of benzene rings is 1. The van der Waals surface area contributed by atoms with Crippen molar-refractivity contribution in [1.82, 2.24) is 4.98 Å². The van der Waals surface area contributed by atoms with E-state index < -0.39 is 0 Å². The molecule has 1 aliphatic carbocycles. The number of aryl methyl sites for hydroxylation is 1. The van der Waals surface area contributed by atoms with Gasteiger partial charge in [0.15, 0.2) is 0 Å². The van der Waals surface area contributed by atoms with Crippen LogP contribution in [0, 0.1) is 11.7 Å². The van der Waals surface area contributed by atoms with Crippen LogP contribution in [0.2, 0.25) is 0 Å². The molecule has 1 unspecified atom stereocenters. The van der Waals surface area contributed by atoms with Gasteiger partial charge in [0.2, 0.25) is 0 Å². The molecule has 1 aliphatic rings. The van der Waals surface area contributed by atoms with Crippen molar-refractivity contribution in [2.24, 2.45) is 5.92 Å². The topological polar surface area (TPSA) is 68.0 Å². The fraction of sp³-hybridized carbons (Fsp3) is 0.263. The summed E-state index contributed by atoms with van der Waals surface area (Å²) in [4.78, 5) is 18.5. The van der Waals surface area contributed by atoms with Crippen LogP contribution in [0.3, 0.4) is 0 Å². The number of nitrogens with zero attached hydrogens (tertiary/aromatic N) is 1. The molecule has 6 heteroatoms. The molecule has 0 bridgehead atoms. The highest BCUT2D eigenvalue weighted by Gasteiger charge is 2.22. The number of hydrogen-bond acceptors (Lipinski definition) is 4. The number of fused-ring (bicyclic) bond motifs is 2. The number of halogens is 1. The summed E-state index contributed by atoms with van der Waals surface area (Å²) in [6, 6.07) is 7.75. The second kappa shape index (κ2) is 6.11. The monoisotopic (exact) mass is 355 g/mol. The van der Waals surface area contributed by atoms with Crippen LogP contribution in [0.4, 0.5) is 15.8 Å². The van der Waals surface area contributed by atoms with E-state index in [9.17, 15) is 9.18 Å². The molecule has 0 aliphatic heterocycles. The number of carbonyl (C=O) groups excluding carboxylic acids is 1. The summed E-state index contributed by atoms with van der Waals surface area (Å²) in [6.07, 6.45) is 3.12. The third-order valence-electron chi connectivity index (χ3n) is 4.64. The average Bonchev–Trinajstić information content (AvgIpc) is 2.91. The van der Waals surface area contributed by atoms with E-state index in [0.717, 1.165) is 35.2 Å². The predicted molar refractivity (Wildman–Crippen MR) is 99.6 cm³/mol. The van der Waals surface area contributed by atoms with Crippen molar-refractivity contribution in [2.75, 3.05) is 11.1 Å². The number of carbonyl (C=O) groups is 1. The van der Waals surface area contributed by atoms with Crippen LogP contribution in [-0.4, -0.2) is 10.9 Å². The Labute approximate surface area is 148 Å². The Kier molecular flexibility index (Phi) is 3.92.